The molecule has 0 bridgehead atoms. The number of hydrogen-bond acceptors (Lipinski definition) is 2. The van der Waals surface area contributed by atoms with Crippen molar-refractivity contribution < 1.29 is 17.9 Å². The zero-order chi connectivity index (χ0) is 16.3. The quantitative estimate of drug-likeness (QED) is 0.824. The summed E-state index contributed by atoms with van der Waals surface area (Å²) < 4.78 is 44.2. The van der Waals surface area contributed by atoms with Crippen LogP contribution < -0.4 is 10.3 Å². The number of rotatable bonds is 4. The van der Waals surface area contributed by atoms with Crippen molar-refractivity contribution in [2.45, 2.75) is 12.7 Å². The van der Waals surface area contributed by atoms with Crippen molar-refractivity contribution in [2.24, 2.45) is 0 Å². The maximum absolute atomic E-state index is 12.6. The van der Waals surface area contributed by atoms with E-state index >= 15 is 0 Å². The lowest BCUT2D eigenvalue weighted by molar-refractivity contribution is -0.139. The second-order valence-electron chi connectivity index (χ2n) is 4.34. The number of alkyl halides is 3. The van der Waals surface area contributed by atoms with Gasteiger partial charge in [0.25, 0.3) is 5.56 Å². The highest BCUT2D eigenvalue weighted by molar-refractivity contribution is 6.35. The van der Waals surface area contributed by atoms with E-state index in [1.165, 1.54) is 18.3 Å². The molecule has 0 N–H and O–H groups in total. The summed E-state index contributed by atoms with van der Waals surface area (Å²) in [5.41, 5.74) is -2.32. The third-order valence-corrected chi connectivity index (χ3v) is 3.34. The van der Waals surface area contributed by atoms with Crippen LogP contribution in [0.4, 0.5) is 13.2 Å². The summed E-state index contributed by atoms with van der Waals surface area (Å²) in [6.45, 7) is -0.0513. The monoisotopic (exact) mass is 351 g/mol. The second-order valence-corrected chi connectivity index (χ2v) is 5.19. The maximum atomic E-state index is 12.6. The number of nitrogens with zero attached hydrogens (tertiary/aromatic N) is 1. The fraction of sp³-hybridized carbons (Fsp3) is 0.214. The molecule has 8 heteroatoms. The summed E-state index contributed by atoms with van der Waals surface area (Å²) in [5, 5.41) is 0.718. The highest BCUT2D eigenvalue weighted by Crippen LogP contribution is 2.28. The number of pyridine rings is 1. The molecule has 0 spiro atoms. The summed E-state index contributed by atoms with van der Waals surface area (Å²) in [6.07, 6.45) is -3.41. The summed E-state index contributed by atoms with van der Waals surface area (Å²) in [5.74, 6) is 0.339. The van der Waals surface area contributed by atoms with E-state index in [-0.39, 0.29) is 18.2 Å². The zero-order valence-corrected chi connectivity index (χ0v) is 12.5. The standard InChI is InChI=1S/C14H10Cl2F3NO2/c15-9-3-4-12(11(16)8-9)22-7-6-20-5-1-2-10(13(20)21)14(17,18)19/h1-5,8H,6-7H2. The molecule has 0 aliphatic heterocycles. The largest absolute Gasteiger partial charge is 0.490 e. The summed E-state index contributed by atoms with van der Waals surface area (Å²) in [7, 11) is 0. The minimum Gasteiger partial charge on any atom is -0.490 e. The van der Waals surface area contributed by atoms with Crippen LogP contribution in [0.1, 0.15) is 5.56 Å². The van der Waals surface area contributed by atoms with Crippen LogP contribution >= 0.6 is 23.2 Å². The van der Waals surface area contributed by atoms with Gasteiger partial charge >= 0.3 is 6.18 Å². The molecule has 0 amide bonds. The Morgan fingerprint density at radius 3 is 2.55 bits per heavy atom. The van der Waals surface area contributed by atoms with Gasteiger partial charge < -0.3 is 9.30 Å². The topological polar surface area (TPSA) is 31.2 Å². The van der Waals surface area contributed by atoms with Crippen LogP contribution in [-0.2, 0) is 12.7 Å². The van der Waals surface area contributed by atoms with Gasteiger partial charge in [-0.25, -0.2) is 0 Å². The van der Waals surface area contributed by atoms with Crippen molar-refractivity contribution in [3.63, 3.8) is 0 Å². The normalized spacial score (nSPS) is 11.5. The van der Waals surface area contributed by atoms with Crippen molar-refractivity contribution in [1.29, 1.82) is 0 Å². The molecule has 0 radical (unpaired) electrons. The molecule has 1 heterocycles. The molecular weight excluding hydrogens is 342 g/mol. The van der Waals surface area contributed by atoms with Gasteiger partial charge in [-0.3, -0.25) is 4.79 Å². The Balaban J connectivity index is 2.08. The first kappa shape index (κ1) is 16.7. The highest BCUT2D eigenvalue weighted by atomic mass is 35.5. The molecule has 0 saturated carbocycles. The van der Waals surface area contributed by atoms with Crippen LogP contribution in [-0.4, -0.2) is 11.2 Å². The summed E-state index contributed by atoms with van der Waals surface area (Å²) >= 11 is 11.6. The Hall–Kier alpha value is -1.66. The third-order valence-electron chi connectivity index (χ3n) is 2.81. The van der Waals surface area contributed by atoms with Crippen LogP contribution in [0.15, 0.2) is 41.3 Å². The number of benzene rings is 1. The molecule has 1 aromatic heterocycles. The molecule has 0 unspecified atom stereocenters. The molecule has 118 valence electrons. The van der Waals surface area contributed by atoms with E-state index < -0.39 is 17.3 Å². The molecule has 0 fully saturated rings. The fourth-order valence-corrected chi connectivity index (χ4v) is 2.24. The Labute approximate surface area is 133 Å². The first-order valence-corrected chi connectivity index (χ1v) is 6.89. The zero-order valence-electron chi connectivity index (χ0n) is 11.0. The van der Waals surface area contributed by atoms with E-state index in [0.29, 0.717) is 10.8 Å². The van der Waals surface area contributed by atoms with E-state index in [9.17, 15) is 18.0 Å². The van der Waals surface area contributed by atoms with Gasteiger partial charge in [-0.1, -0.05) is 23.2 Å². The Kier molecular flexibility index (Phi) is 5.03. The smallest absolute Gasteiger partial charge is 0.421 e. The van der Waals surface area contributed by atoms with Crippen LogP contribution in [0, 0.1) is 0 Å². The lowest BCUT2D eigenvalue weighted by Gasteiger charge is -2.12. The van der Waals surface area contributed by atoms with Crippen molar-refractivity contribution in [1.82, 2.24) is 4.57 Å². The van der Waals surface area contributed by atoms with E-state index in [1.54, 1.807) is 12.1 Å². The van der Waals surface area contributed by atoms with Gasteiger partial charge in [0.15, 0.2) is 0 Å². The van der Waals surface area contributed by atoms with Crippen molar-refractivity contribution >= 4 is 23.2 Å². The molecule has 22 heavy (non-hydrogen) atoms. The van der Waals surface area contributed by atoms with Crippen molar-refractivity contribution in [3.05, 3.63) is 62.5 Å². The van der Waals surface area contributed by atoms with Gasteiger partial charge in [-0.2, -0.15) is 13.2 Å². The van der Waals surface area contributed by atoms with Gasteiger partial charge in [0.1, 0.15) is 17.9 Å². The SMILES string of the molecule is O=c1c(C(F)(F)F)cccn1CCOc1ccc(Cl)cc1Cl. The van der Waals surface area contributed by atoms with Gasteiger partial charge in [0.2, 0.25) is 0 Å². The molecule has 0 saturated heterocycles. The summed E-state index contributed by atoms with van der Waals surface area (Å²) in [6, 6.07) is 6.50. The Morgan fingerprint density at radius 2 is 1.91 bits per heavy atom. The number of aromatic nitrogens is 1. The fourth-order valence-electron chi connectivity index (χ4n) is 1.77. The predicted molar refractivity (Wildman–Crippen MR) is 77.7 cm³/mol. The van der Waals surface area contributed by atoms with Crippen LogP contribution in [0.5, 0.6) is 5.75 Å². The predicted octanol–water partition coefficient (Wildman–Crippen LogP) is 4.25. The third kappa shape index (κ3) is 3.96. The molecule has 2 rings (SSSR count). The molecular formula is C14H10Cl2F3NO2. The first-order chi connectivity index (χ1) is 10.3. The first-order valence-electron chi connectivity index (χ1n) is 6.13. The lowest BCUT2D eigenvalue weighted by Crippen LogP contribution is -2.29. The van der Waals surface area contributed by atoms with E-state index in [4.69, 9.17) is 27.9 Å². The van der Waals surface area contributed by atoms with Gasteiger partial charge in [-0.15, -0.1) is 0 Å². The lowest BCUT2D eigenvalue weighted by atomic mass is 10.2. The molecule has 0 atom stereocenters. The number of hydrogen-bond donors (Lipinski definition) is 0. The van der Waals surface area contributed by atoms with Crippen LogP contribution in [0.3, 0.4) is 0 Å². The second kappa shape index (κ2) is 6.62. The van der Waals surface area contributed by atoms with Gasteiger partial charge in [-0.05, 0) is 30.3 Å². The Morgan fingerprint density at radius 1 is 1.18 bits per heavy atom. The highest BCUT2D eigenvalue weighted by Gasteiger charge is 2.34. The van der Waals surface area contributed by atoms with E-state index in [0.717, 1.165) is 10.6 Å². The Bertz CT molecular complexity index is 729. The molecule has 0 aliphatic carbocycles. The molecule has 1 aromatic carbocycles. The van der Waals surface area contributed by atoms with Crippen molar-refractivity contribution in [2.75, 3.05) is 6.61 Å². The maximum Gasteiger partial charge on any atom is 0.421 e. The molecule has 2 aromatic rings. The van der Waals surface area contributed by atoms with Crippen LogP contribution in [0.25, 0.3) is 0 Å². The minimum absolute atomic E-state index is 0.0113. The molecule has 3 nitrogen and oxygen atoms in total. The minimum atomic E-state index is -4.68. The van der Waals surface area contributed by atoms with E-state index in [2.05, 4.69) is 0 Å². The van der Waals surface area contributed by atoms with Gasteiger partial charge in [0.05, 0.1) is 11.6 Å². The van der Waals surface area contributed by atoms with Crippen LogP contribution in [0.2, 0.25) is 10.0 Å². The average molecular weight is 352 g/mol. The number of halogens is 5. The van der Waals surface area contributed by atoms with Crippen molar-refractivity contribution in [3.8, 4) is 5.75 Å². The van der Waals surface area contributed by atoms with Gasteiger partial charge in [0, 0.05) is 11.2 Å². The number of ether oxygens (including phenoxy) is 1. The average Bonchev–Trinajstić information content (AvgIpc) is 2.41. The summed E-state index contributed by atoms with van der Waals surface area (Å²) in [4.78, 5) is 11.7. The molecule has 0 aliphatic rings. The van der Waals surface area contributed by atoms with E-state index in [1.807, 2.05) is 0 Å².